The first-order valence-electron chi connectivity index (χ1n) is 6.11. The van der Waals surface area contributed by atoms with Crippen molar-refractivity contribution in [1.29, 1.82) is 0 Å². The summed E-state index contributed by atoms with van der Waals surface area (Å²) >= 11 is 1.72. The van der Waals surface area contributed by atoms with Gasteiger partial charge in [-0.1, -0.05) is 30.3 Å². The van der Waals surface area contributed by atoms with E-state index in [1.165, 1.54) is 12.5 Å². The third kappa shape index (κ3) is 3.86. The number of ketones is 1. The van der Waals surface area contributed by atoms with Crippen LogP contribution >= 0.6 is 11.8 Å². The molecule has 0 spiro atoms. The number of Topliss-reactive ketones (excluding diaryl/α,β-unsaturated/α-hetero) is 1. The molecule has 0 fully saturated rings. The van der Waals surface area contributed by atoms with E-state index in [9.17, 15) is 9.90 Å². The number of rotatable bonds is 5. The van der Waals surface area contributed by atoms with Gasteiger partial charge in [-0.05, 0) is 30.7 Å². The van der Waals surface area contributed by atoms with Crippen LogP contribution in [0.1, 0.15) is 28.4 Å². The zero-order valence-corrected chi connectivity index (χ0v) is 11.6. The van der Waals surface area contributed by atoms with Gasteiger partial charge in [0, 0.05) is 22.6 Å². The number of carbonyl (C=O) groups excluding carboxylic acids is 1. The highest BCUT2D eigenvalue weighted by atomic mass is 32.2. The van der Waals surface area contributed by atoms with Crippen molar-refractivity contribution in [3.63, 3.8) is 0 Å². The number of phenolic OH excluding ortho intramolecular Hbond substituents is 1. The third-order valence-corrected chi connectivity index (χ3v) is 3.91. The van der Waals surface area contributed by atoms with E-state index in [0.717, 1.165) is 11.3 Å². The summed E-state index contributed by atoms with van der Waals surface area (Å²) < 4.78 is 0. The molecule has 2 aromatic rings. The quantitative estimate of drug-likeness (QED) is 0.835. The maximum absolute atomic E-state index is 11.3. The SMILES string of the molecule is CC(=O)c1ccc(O)c(CSCc2ccccc2)c1. The predicted octanol–water partition coefficient (Wildman–Crippen LogP) is 4.03. The van der Waals surface area contributed by atoms with Crippen LogP contribution in [0.15, 0.2) is 48.5 Å². The molecule has 2 rings (SSSR count). The molecule has 3 heteroatoms. The Balaban J connectivity index is 1.99. The van der Waals surface area contributed by atoms with Crippen LogP contribution in [0, 0.1) is 0 Å². The first-order chi connectivity index (χ1) is 9.16. The standard InChI is InChI=1S/C16H16O2S/c1-12(17)14-7-8-16(18)15(9-14)11-19-10-13-5-3-2-4-6-13/h2-9,18H,10-11H2,1H3. The number of aromatic hydroxyl groups is 1. The smallest absolute Gasteiger partial charge is 0.159 e. The molecule has 0 saturated carbocycles. The van der Waals surface area contributed by atoms with Crippen LogP contribution < -0.4 is 0 Å². The summed E-state index contributed by atoms with van der Waals surface area (Å²) in [5.41, 5.74) is 2.72. The fourth-order valence-electron chi connectivity index (χ4n) is 1.77. The van der Waals surface area contributed by atoms with E-state index >= 15 is 0 Å². The van der Waals surface area contributed by atoms with E-state index in [1.807, 2.05) is 18.2 Å². The molecule has 0 amide bonds. The maximum atomic E-state index is 11.3. The van der Waals surface area contributed by atoms with Gasteiger partial charge >= 0.3 is 0 Å². The van der Waals surface area contributed by atoms with Crippen molar-refractivity contribution in [3.8, 4) is 5.75 Å². The summed E-state index contributed by atoms with van der Waals surface area (Å²) in [5, 5.41) is 9.79. The van der Waals surface area contributed by atoms with E-state index in [2.05, 4.69) is 12.1 Å². The molecular weight excluding hydrogens is 256 g/mol. The van der Waals surface area contributed by atoms with Crippen LogP contribution in [-0.4, -0.2) is 10.9 Å². The molecule has 1 N–H and O–H groups in total. The Hall–Kier alpha value is -1.74. The molecule has 0 aliphatic rings. The highest BCUT2D eigenvalue weighted by molar-refractivity contribution is 7.97. The summed E-state index contributed by atoms with van der Waals surface area (Å²) in [6.45, 7) is 1.53. The molecule has 0 saturated heterocycles. The molecule has 0 aliphatic heterocycles. The number of carbonyl (C=O) groups is 1. The van der Waals surface area contributed by atoms with Crippen molar-refractivity contribution >= 4 is 17.5 Å². The van der Waals surface area contributed by atoms with Gasteiger partial charge in [0.15, 0.2) is 5.78 Å². The first kappa shape index (κ1) is 13.7. The summed E-state index contributed by atoms with van der Waals surface area (Å²) in [4.78, 5) is 11.3. The van der Waals surface area contributed by atoms with Crippen molar-refractivity contribution in [2.45, 2.75) is 18.4 Å². The molecule has 0 bridgehead atoms. The van der Waals surface area contributed by atoms with Gasteiger partial charge in [-0.25, -0.2) is 0 Å². The zero-order valence-electron chi connectivity index (χ0n) is 10.8. The normalized spacial score (nSPS) is 10.4. The topological polar surface area (TPSA) is 37.3 Å². The molecule has 0 atom stereocenters. The molecule has 98 valence electrons. The summed E-state index contributed by atoms with van der Waals surface area (Å²) in [6, 6.07) is 15.2. The minimum atomic E-state index is 0.0225. The highest BCUT2D eigenvalue weighted by Gasteiger charge is 2.06. The van der Waals surface area contributed by atoms with E-state index in [-0.39, 0.29) is 11.5 Å². The maximum Gasteiger partial charge on any atom is 0.159 e. The minimum absolute atomic E-state index is 0.0225. The lowest BCUT2D eigenvalue weighted by Gasteiger charge is -2.06. The fourth-order valence-corrected chi connectivity index (χ4v) is 2.75. The van der Waals surface area contributed by atoms with Crippen molar-refractivity contribution in [1.82, 2.24) is 0 Å². The van der Waals surface area contributed by atoms with Crippen LogP contribution in [0.5, 0.6) is 5.75 Å². The average molecular weight is 272 g/mol. The second-order valence-electron chi connectivity index (χ2n) is 4.38. The van der Waals surface area contributed by atoms with Crippen LogP contribution in [0.3, 0.4) is 0 Å². The largest absolute Gasteiger partial charge is 0.508 e. The Kier molecular flexibility index (Phi) is 4.63. The van der Waals surface area contributed by atoms with Crippen molar-refractivity contribution in [2.75, 3.05) is 0 Å². The number of hydrogen-bond acceptors (Lipinski definition) is 3. The van der Waals surface area contributed by atoms with Crippen molar-refractivity contribution in [2.24, 2.45) is 0 Å². The Morgan fingerprint density at radius 3 is 2.53 bits per heavy atom. The molecule has 0 aromatic heterocycles. The van der Waals surface area contributed by atoms with E-state index < -0.39 is 0 Å². The minimum Gasteiger partial charge on any atom is -0.508 e. The summed E-state index contributed by atoms with van der Waals surface area (Å²) in [6.07, 6.45) is 0. The molecule has 2 aromatic carbocycles. The monoisotopic (exact) mass is 272 g/mol. The summed E-state index contributed by atoms with van der Waals surface area (Å²) in [7, 11) is 0. The van der Waals surface area contributed by atoms with Gasteiger partial charge in [-0.2, -0.15) is 11.8 Å². The molecule has 19 heavy (non-hydrogen) atoms. The molecular formula is C16H16O2S. The van der Waals surface area contributed by atoms with Crippen LogP contribution in [0.25, 0.3) is 0 Å². The second-order valence-corrected chi connectivity index (χ2v) is 5.36. The Labute approximate surface area is 117 Å². The predicted molar refractivity (Wildman–Crippen MR) is 79.6 cm³/mol. The van der Waals surface area contributed by atoms with E-state index in [4.69, 9.17) is 0 Å². The summed E-state index contributed by atoms with van der Waals surface area (Å²) in [5.74, 6) is 1.87. The van der Waals surface area contributed by atoms with E-state index in [0.29, 0.717) is 11.3 Å². The molecule has 0 aliphatic carbocycles. The second kappa shape index (κ2) is 6.43. The zero-order chi connectivity index (χ0) is 13.7. The van der Waals surface area contributed by atoms with Gasteiger partial charge < -0.3 is 5.11 Å². The molecule has 0 heterocycles. The van der Waals surface area contributed by atoms with Gasteiger partial charge in [0.25, 0.3) is 0 Å². The molecule has 0 unspecified atom stereocenters. The molecule has 2 nitrogen and oxygen atoms in total. The number of phenols is 1. The Bertz CT molecular complexity index is 564. The van der Waals surface area contributed by atoms with Gasteiger partial charge in [-0.3, -0.25) is 4.79 Å². The average Bonchev–Trinajstić information content (AvgIpc) is 2.42. The number of thioether (sulfide) groups is 1. The van der Waals surface area contributed by atoms with Crippen LogP contribution in [0.4, 0.5) is 0 Å². The Morgan fingerprint density at radius 1 is 1.11 bits per heavy atom. The lowest BCUT2D eigenvalue weighted by Crippen LogP contribution is -1.94. The first-order valence-corrected chi connectivity index (χ1v) is 7.27. The lowest BCUT2D eigenvalue weighted by molar-refractivity contribution is 0.101. The highest BCUT2D eigenvalue weighted by Crippen LogP contribution is 2.25. The van der Waals surface area contributed by atoms with E-state index in [1.54, 1.807) is 30.0 Å². The van der Waals surface area contributed by atoms with Gasteiger partial charge in [-0.15, -0.1) is 0 Å². The van der Waals surface area contributed by atoms with Crippen molar-refractivity contribution < 1.29 is 9.90 Å². The lowest BCUT2D eigenvalue weighted by atomic mass is 10.1. The fraction of sp³-hybridized carbons (Fsp3) is 0.188. The number of benzene rings is 2. The van der Waals surface area contributed by atoms with Crippen LogP contribution in [0.2, 0.25) is 0 Å². The van der Waals surface area contributed by atoms with Gasteiger partial charge in [0.1, 0.15) is 5.75 Å². The van der Waals surface area contributed by atoms with Gasteiger partial charge in [0.2, 0.25) is 0 Å². The molecule has 0 radical (unpaired) electrons. The Morgan fingerprint density at radius 2 is 1.84 bits per heavy atom. The van der Waals surface area contributed by atoms with Crippen LogP contribution in [-0.2, 0) is 11.5 Å². The third-order valence-electron chi connectivity index (χ3n) is 2.86. The van der Waals surface area contributed by atoms with Gasteiger partial charge in [0.05, 0.1) is 0 Å². The van der Waals surface area contributed by atoms with Crippen molar-refractivity contribution in [3.05, 3.63) is 65.2 Å². The number of hydrogen-bond donors (Lipinski definition) is 1.